The van der Waals surface area contributed by atoms with Gasteiger partial charge in [0.15, 0.2) is 5.16 Å². The molecular weight excluding hydrogens is 250 g/mol. The lowest BCUT2D eigenvalue weighted by Crippen LogP contribution is -2.38. The van der Waals surface area contributed by atoms with Gasteiger partial charge in [0.2, 0.25) is 0 Å². The SMILES string of the molecule is CNC(C)(C#N)CCSc1n[nH]c(=O)n1C(C)C. The average molecular weight is 269 g/mol. The van der Waals surface area contributed by atoms with Crippen molar-refractivity contribution >= 4 is 11.8 Å². The van der Waals surface area contributed by atoms with Crippen LogP contribution in [0.4, 0.5) is 0 Å². The van der Waals surface area contributed by atoms with Gasteiger partial charge in [-0.1, -0.05) is 11.8 Å². The van der Waals surface area contributed by atoms with Crippen molar-refractivity contribution in [3.8, 4) is 6.07 Å². The molecule has 0 aliphatic carbocycles. The van der Waals surface area contributed by atoms with Crippen molar-refractivity contribution in [2.24, 2.45) is 0 Å². The Morgan fingerprint density at radius 3 is 2.83 bits per heavy atom. The molecular formula is C11H19N5OS. The zero-order chi connectivity index (χ0) is 13.8. The van der Waals surface area contributed by atoms with Crippen LogP contribution in [0, 0.1) is 11.3 Å². The molecule has 0 aliphatic heterocycles. The summed E-state index contributed by atoms with van der Waals surface area (Å²) in [6.45, 7) is 5.73. The number of aromatic amines is 1. The first kappa shape index (κ1) is 14.8. The lowest BCUT2D eigenvalue weighted by Gasteiger charge is -2.20. The van der Waals surface area contributed by atoms with Gasteiger partial charge in [0.25, 0.3) is 0 Å². The van der Waals surface area contributed by atoms with E-state index in [1.54, 1.807) is 11.6 Å². The molecule has 7 heteroatoms. The van der Waals surface area contributed by atoms with E-state index in [-0.39, 0.29) is 11.7 Å². The summed E-state index contributed by atoms with van der Waals surface area (Å²) in [5.74, 6) is 0.724. The molecule has 1 unspecified atom stereocenters. The molecule has 2 N–H and O–H groups in total. The Balaban J connectivity index is 2.66. The predicted octanol–water partition coefficient (Wildman–Crippen LogP) is 1.14. The third kappa shape index (κ3) is 3.37. The Morgan fingerprint density at radius 1 is 1.67 bits per heavy atom. The molecule has 0 saturated carbocycles. The van der Waals surface area contributed by atoms with Crippen LogP contribution < -0.4 is 11.0 Å². The van der Waals surface area contributed by atoms with Crippen LogP contribution in [0.15, 0.2) is 9.95 Å². The van der Waals surface area contributed by atoms with Gasteiger partial charge in [0.05, 0.1) is 6.07 Å². The first-order valence-electron chi connectivity index (χ1n) is 5.83. The Hall–Kier alpha value is -1.26. The van der Waals surface area contributed by atoms with Crippen LogP contribution in [-0.2, 0) is 0 Å². The van der Waals surface area contributed by atoms with Gasteiger partial charge < -0.3 is 5.32 Å². The molecule has 0 aromatic carbocycles. The van der Waals surface area contributed by atoms with E-state index in [1.165, 1.54) is 11.8 Å². The Kier molecular flexibility index (Phi) is 4.99. The number of hydrogen-bond acceptors (Lipinski definition) is 5. The number of hydrogen-bond donors (Lipinski definition) is 2. The topological polar surface area (TPSA) is 86.5 Å². The van der Waals surface area contributed by atoms with Gasteiger partial charge in [-0.05, 0) is 34.2 Å². The average Bonchev–Trinajstić information content (AvgIpc) is 2.70. The third-order valence-corrected chi connectivity index (χ3v) is 3.77. The maximum atomic E-state index is 11.5. The minimum atomic E-state index is -0.535. The highest BCUT2D eigenvalue weighted by molar-refractivity contribution is 7.99. The number of nitrogens with zero attached hydrogens (tertiary/aromatic N) is 3. The summed E-state index contributed by atoms with van der Waals surface area (Å²) < 4.78 is 1.62. The number of rotatable bonds is 6. The Bertz CT molecular complexity index is 486. The lowest BCUT2D eigenvalue weighted by molar-refractivity contribution is 0.479. The molecule has 0 radical (unpaired) electrons. The first-order chi connectivity index (χ1) is 8.43. The fourth-order valence-electron chi connectivity index (χ4n) is 1.43. The van der Waals surface area contributed by atoms with E-state index < -0.39 is 5.54 Å². The molecule has 1 atom stereocenters. The van der Waals surface area contributed by atoms with Crippen LogP contribution in [0.2, 0.25) is 0 Å². The van der Waals surface area contributed by atoms with E-state index in [0.29, 0.717) is 11.6 Å². The minimum absolute atomic E-state index is 0.0744. The molecule has 100 valence electrons. The van der Waals surface area contributed by atoms with Crippen LogP contribution in [0.25, 0.3) is 0 Å². The number of aromatic nitrogens is 3. The van der Waals surface area contributed by atoms with E-state index in [0.717, 1.165) is 5.75 Å². The van der Waals surface area contributed by atoms with Crippen molar-refractivity contribution in [1.82, 2.24) is 20.1 Å². The highest BCUT2D eigenvalue weighted by Crippen LogP contribution is 2.20. The molecule has 1 aromatic rings. The standard InChI is InChI=1S/C11H19N5OS/c1-8(2)16-9(17)14-15-10(16)18-6-5-11(3,7-12)13-4/h8,13H,5-6H2,1-4H3,(H,14,17). The maximum absolute atomic E-state index is 11.5. The number of H-pyrrole nitrogens is 1. The van der Waals surface area contributed by atoms with Crippen molar-refractivity contribution in [3.05, 3.63) is 10.5 Å². The molecule has 0 saturated heterocycles. The molecule has 1 aromatic heterocycles. The zero-order valence-electron chi connectivity index (χ0n) is 11.1. The van der Waals surface area contributed by atoms with E-state index >= 15 is 0 Å². The van der Waals surface area contributed by atoms with E-state index in [4.69, 9.17) is 5.26 Å². The third-order valence-electron chi connectivity index (χ3n) is 2.82. The summed E-state index contributed by atoms with van der Waals surface area (Å²) in [5, 5.41) is 19.1. The predicted molar refractivity (Wildman–Crippen MR) is 71.7 cm³/mol. The summed E-state index contributed by atoms with van der Waals surface area (Å²) in [7, 11) is 1.77. The second-order valence-electron chi connectivity index (χ2n) is 4.57. The molecule has 6 nitrogen and oxygen atoms in total. The van der Waals surface area contributed by atoms with Crippen molar-refractivity contribution in [1.29, 1.82) is 5.26 Å². The van der Waals surface area contributed by atoms with Gasteiger partial charge in [-0.3, -0.25) is 4.57 Å². The largest absolute Gasteiger partial charge is 0.344 e. The van der Waals surface area contributed by atoms with Crippen molar-refractivity contribution < 1.29 is 0 Å². The Labute approximate surface area is 111 Å². The highest BCUT2D eigenvalue weighted by atomic mass is 32.2. The van der Waals surface area contributed by atoms with E-state index in [2.05, 4.69) is 21.6 Å². The van der Waals surface area contributed by atoms with Crippen molar-refractivity contribution in [2.45, 2.75) is 43.9 Å². The molecule has 1 rings (SSSR count). The number of nitriles is 1. The second-order valence-corrected chi connectivity index (χ2v) is 5.63. The molecule has 0 fully saturated rings. The maximum Gasteiger partial charge on any atom is 0.344 e. The molecule has 1 heterocycles. The monoisotopic (exact) mass is 269 g/mol. The van der Waals surface area contributed by atoms with Crippen LogP contribution in [0.5, 0.6) is 0 Å². The smallest absolute Gasteiger partial charge is 0.303 e. The van der Waals surface area contributed by atoms with Gasteiger partial charge in [0, 0.05) is 11.8 Å². The number of nitrogens with one attached hydrogen (secondary N) is 2. The summed E-state index contributed by atoms with van der Waals surface area (Å²) in [6.07, 6.45) is 0.684. The van der Waals surface area contributed by atoms with E-state index in [9.17, 15) is 4.79 Å². The summed E-state index contributed by atoms with van der Waals surface area (Å²) >= 11 is 1.48. The van der Waals surface area contributed by atoms with E-state index in [1.807, 2.05) is 20.8 Å². The fraction of sp³-hybridized carbons (Fsp3) is 0.727. The summed E-state index contributed by atoms with van der Waals surface area (Å²) in [5.41, 5.74) is -0.726. The zero-order valence-corrected chi connectivity index (χ0v) is 12.0. The van der Waals surface area contributed by atoms with Crippen molar-refractivity contribution in [2.75, 3.05) is 12.8 Å². The molecule has 0 spiro atoms. The normalized spacial score (nSPS) is 14.4. The second kappa shape index (κ2) is 6.07. The summed E-state index contributed by atoms with van der Waals surface area (Å²) in [4.78, 5) is 11.5. The van der Waals surface area contributed by atoms with Gasteiger partial charge in [-0.2, -0.15) is 5.26 Å². The molecule has 18 heavy (non-hydrogen) atoms. The summed E-state index contributed by atoms with van der Waals surface area (Å²) in [6, 6.07) is 2.31. The minimum Gasteiger partial charge on any atom is -0.303 e. The molecule has 0 aliphatic rings. The first-order valence-corrected chi connectivity index (χ1v) is 6.82. The lowest BCUT2D eigenvalue weighted by atomic mass is 10.0. The van der Waals surface area contributed by atoms with Crippen LogP contribution >= 0.6 is 11.8 Å². The van der Waals surface area contributed by atoms with Crippen LogP contribution in [0.1, 0.15) is 33.2 Å². The van der Waals surface area contributed by atoms with Gasteiger partial charge in [0.1, 0.15) is 5.54 Å². The fourth-order valence-corrected chi connectivity index (χ4v) is 2.67. The van der Waals surface area contributed by atoms with Crippen LogP contribution in [0.3, 0.4) is 0 Å². The highest BCUT2D eigenvalue weighted by Gasteiger charge is 2.21. The quantitative estimate of drug-likeness (QED) is 0.756. The Morgan fingerprint density at radius 2 is 2.33 bits per heavy atom. The van der Waals surface area contributed by atoms with Gasteiger partial charge in [-0.25, -0.2) is 9.89 Å². The number of thioether (sulfide) groups is 1. The van der Waals surface area contributed by atoms with Gasteiger partial charge >= 0.3 is 5.69 Å². The van der Waals surface area contributed by atoms with Crippen LogP contribution in [-0.4, -0.2) is 33.1 Å². The van der Waals surface area contributed by atoms with Gasteiger partial charge in [-0.15, -0.1) is 5.10 Å². The van der Waals surface area contributed by atoms with Crippen molar-refractivity contribution in [3.63, 3.8) is 0 Å². The molecule has 0 bridgehead atoms. The molecule has 0 amide bonds.